The average molecular weight is 219 g/mol. The molecule has 1 amide bonds. The Labute approximate surface area is 90.8 Å². The lowest BCUT2D eigenvalue weighted by atomic mass is 10.3. The van der Waals surface area contributed by atoms with E-state index in [1.54, 1.807) is 23.7 Å². The number of amides is 1. The van der Waals surface area contributed by atoms with E-state index in [0.29, 0.717) is 16.9 Å². The Balaban J connectivity index is 2.17. The summed E-state index contributed by atoms with van der Waals surface area (Å²) in [6, 6.07) is 3.43. The summed E-state index contributed by atoms with van der Waals surface area (Å²) in [4.78, 5) is 15.5. The number of nitrogens with one attached hydrogen (secondary N) is 1. The van der Waals surface area contributed by atoms with Gasteiger partial charge in [0.1, 0.15) is 0 Å². The first-order valence-electron chi connectivity index (χ1n) is 4.30. The summed E-state index contributed by atoms with van der Waals surface area (Å²) in [7, 11) is 0. The number of thiophene rings is 1. The summed E-state index contributed by atoms with van der Waals surface area (Å²) >= 11 is 1.48. The Bertz CT molecular complexity index is 467. The van der Waals surface area contributed by atoms with Crippen LogP contribution in [0.2, 0.25) is 0 Å². The molecule has 0 radical (unpaired) electrons. The van der Waals surface area contributed by atoms with Crippen molar-refractivity contribution in [3.63, 3.8) is 0 Å². The van der Waals surface area contributed by atoms with E-state index in [1.807, 2.05) is 5.38 Å². The number of carbonyl (C=O) groups excluding carboxylic acids is 1. The molecule has 0 saturated carbocycles. The smallest absolute Gasteiger partial charge is 0.256 e. The predicted octanol–water partition coefficient (Wildman–Crippen LogP) is 1.98. The SMILES string of the molecule is Nc1cnccc1NC(=O)c1ccsc1. The number of rotatable bonds is 2. The fourth-order valence-electron chi connectivity index (χ4n) is 1.11. The monoisotopic (exact) mass is 219 g/mol. The Hall–Kier alpha value is -1.88. The fraction of sp³-hybridized carbons (Fsp3) is 0. The first kappa shape index (κ1) is 9.67. The molecule has 0 saturated heterocycles. The Morgan fingerprint density at radius 3 is 3.00 bits per heavy atom. The number of pyridine rings is 1. The van der Waals surface area contributed by atoms with Crippen LogP contribution >= 0.6 is 11.3 Å². The van der Waals surface area contributed by atoms with Crippen molar-refractivity contribution in [3.05, 3.63) is 40.8 Å². The minimum atomic E-state index is -0.158. The predicted molar refractivity (Wildman–Crippen MR) is 60.9 cm³/mol. The number of hydrogen-bond donors (Lipinski definition) is 2. The molecular weight excluding hydrogens is 210 g/mol. The van der Waals surface area contributed by atoms with Crippen LogP contribution in [0.3, 0.4) is 0 Å². The maximum absolute atomic E-state index is 11.6. The highest BCUT2D eigenvalue weighted by atomic mass is 32.1. The molecule has 0 atom stereocenters. The highest BCUT2D eigenvalue weighted by Crippen LogP contribution is 2.17. The Morgan fingerprint density at radius 2 is 2.33 bits per heavy atom. The number of hydrogen-bond acceptors (Lipinski definition) is 4. The van der Waals surface area contributed by atoms with Gasteiger partial charge in [-0.25, -0.2) is 0 Å². The molecule has 76 valence electrons. The van der Waals surface area contributed by atoms with Gasteiger partial charge < -0.3 is 11.1 Å². The van der Waals surface area contributed by atoms with Crippen LogP contribution in [0.4, 0.5) is 11.4 Å². The van der Waals surface area contributed by atoms with Crippen LogP contribution in [0, 0.1) is 0 Å². The van der Waals surface area contributed by atoms with Gasteiger partial charge in [0.25, 0.3) is 5.91 Å². The molecule has 2 heterocycles. The summed E-state index contributed by atoms with van der Waals surface area (Å²) in [5.74, 6) is -0.158. The first-order valence-corrected chi connectivity index (χ1v) is 5.24. The van der Waals surface area contributed by atoms with Gasteiger partial charge in [0.2, 0.25) is 0 Å². The van der Waals surface area contributed by atoms with Crippen molar-refractivity contribution in [2.24, 2.45) is 0 Å². The quantitative estimate of drug-likeness (QED) is 0.811. The van der Waals surface area contributed by atoms with E-state index in [9.17, 15) is 4.79 Å². The second kappa shape index (κ2) is 4.10. The van der Waals surface area contributed by atoms with Gasteiger partial charge in [-0.2, -0.15) is 11.3 Å². The lowest BCUT2D eigenvalue weighted by Crippen LogP contribution is -2.12. The lowest BCUT2D eigenvalue weighted by molar-refractivity contribution is 0.102. The van der Waals surface area contributed by atoms with Gasteiger partial charge in [-0.05, 0) is 17.5 Å². The zero-order valence-electron chi connectivity index (χ0n) is 7.81. The van der Waals surface area contributed by atoms with Crippen LogP contribution < -0.4 is 11.1 Å². The minimum absolute atomic E-state index is 0.158. The zero-order valence-corrected chi connectivity index (χ0v) is 8.62. The van der Waals surface area contributed by atoms with Gasteiger partial charge in [0.15, 0.2) is 0 Å². The fourth-order valence-corrected chi connectivity index (χ4v) is 1.74. The van der Waals surface area contributed by atoms with Gasteiger partial charge in [-0.3, -0.25) is 9.78 Å². The van der Waals surface area contributed by atoms with Gasteiger partial charge in [0.05, 0.1) is 23.1 Å². The number of anilines is 2. The maximum Gasteiger partial charge on any atom is 0.256 e. The second-order valence-electron chi connectivity index (χ2n) is 2.93. The molecule has 5 heteroatoms. The molecule has 15 heavy (non-hydrogen) atoms. The van der Waals surface area contributed by atoms with Gasteiger partial charge in [0, 0.05) is 11.6 Å². The van der Waals surface area contributed by atoms with Crippen LogP contribution in [-0.2, 0) is 0 Å². The van der Waals surface area contributed by atoms with E-state index in [4.69, 9.17) is 5.73 Å². The normalized spacial score (nSPS) is 9.87. The molecule has 0 aliphatic carbocycles. The summed E-state index contributed by atoms with van der Waals surface area (Å²) < 4.78 is 0. The highest BCUT2D eigenvalue weighted by Gasteiger charge is 2.07. The molecule has 3 N–H and O–H groups in total. The molecule has 2 aromatic rings. The van der Waals surface area contributed by atoms with Crippen molar-refractivity contribution < 1.29 is 4.79 Å². The summed E-state index contributed by atoms with van der Waals surface area (Å²) in [6.07, 6.45) is 3.09. The number of carbonyl (C=O) groups is 1. The minimum Gasteiger partial charge on any atom is -0.396 e. The van der Waals surface area contributed by atoms with Crippen molar-refractivity contribution in [1.29, 1.82) is 0 Å². The number of nitrogens with two attached hydrogens (primary N) is 1. The number of nitrogen functional groups attached to an aromatic ring is 1. The van der Waals surface area contributed by atoms with Gasteiger partial charge in [-0.1, -0.05) is 0 Å². The molecule has 0 aliphatic rings. The van der Waals surface area contributed by atoms with Crippen LogP contribution in [0.15, 0.2) is 35.3 Å². The van der Waals surface area contributed by atoms with Gasteiger partial charge in [-0.15, -0.1) is 0 Å². The molecule has 2 aromatic heterocycles. The standard InChI is InChI=1S/C10H9N3OS/c11-8-5-12-3-1-9(8)13-10(14)7-2-4-15-6-7/h1-6H,11H2,(H,12,13,14). The molecule has 0 spiro atoms. The van der Waals surface area contributed by atoms with Gasteiger partial charge >= 0.3 is 0 Å². The molecule has 0 fully saturated rings. The Morgan fingerprint density at radius 1 is 1.47 bits per heavy atom. The molecule has 2 rings (SSSR count). The summed E-state index contributed by atoms with van der Waals surface area (Å²) in [6.45, 7) is 0. The van der Waals surface area contributed by atoms with Crippen LogP contribution in [0.1, 0.15) is 10.4 Å². The van der Waals surface area contributed by atoms with E-state index >= 15 is 0 Å². The number of nitrogens with zero attached hydrogens (tertiary/aromatic N) is 1. The van der Waals surface area contributed by atoms with Crippen molar-refractivity contribution in [1.82, 2.24) is 4.98 Å². The van der Waals surface area contributed by atoms with Crippen LogP contribution in [0.25, 0.3) is 0 Å². The third-order valence-electron chi connectivity index (χ3n) is 1.88. The zero-order chi connectivity index (χ0) is 10.7. The maximum atomic E-state index is 11.6. The molecule has 4 nitrogen and oxygen atoms in total. The lowest BCUT2D eigenvalue weighted by Gasteiger charge is -2.05. The van der Waals surface area contributed by atoms with Crippen molar-refractivity contribution in [2.45, 2.75) is 0 Å². The topological polar surface area (TPSA) is 68.0 Å². The molecule has 0 bridgehead atoms. The van der Waals surface area contributed by atoms with E-state index in [-0.39, 0.29) is 5.91 Å². The first-order chi connectivity index (χ1) is 7.27. The third kappa shape index (κ3) is 2.13. The average Bonchev–Trinajstić information content (AvgIpc) is 2.74. The van der Waals surface area contributed by atoms with E-state index in [0.717, 1.165) is 0 Å². The second-order valence-corrected chi connectivity index (χ2v) is 3.71. The van der Waals surface area contributed by atoms with E-state index in [1.165, 1.54) is 17.5 Å². The molecule has 0 unspecified atom stereocenters. The van der Waals surface area contributed by atoms with Crippen LogP contribution in [-0.4, -0.2) is 10.9 Å². The summed E-state index contributed by atoms with van der Waals surface area (Å²) in [5.41, 5.74) is 7.33. The van der Waals surface area contributed by atoms with Crippen molar-refractivity contribution in [2.75, 3.05) is 11.1 Å². The molecule has 0 aromatic carbocycles. The van der Waals surface area contributed by atoms with Crippen molar-refractivity contribution in [3.8, 4) is 0 Å². The summed E-state index contributed by atoms with van der Waals surface area (Å²) in [5, 5.41) is 6.35. The molecule has 0 aliphatic heterocycles. The van der Waals surface area contributed by atoms with Crippen LogP contribution in [0.5, 0.6) is 0 Å². The van der Waals surface area contributed by atoms with Crippen molar-refractivity contribution >= 4 is 28.6 Å². The third-order valence-corrected chi connectivity index (χ3v) is 2.57. The number of aromatic nitrogens is 1. The van der Waals surface area contributed by atoms with E-state index < -0.39 is 0 Å². The highest BCUT2D eigenvalue weighted by molar-refractivity contribution is 7.08. The largest absolute Gasteiger partial charge is 0.396 e. The molecular formula is C10H9N3OS. The van der Waals surface area contributed by atoms with E-state index in [2.05, 4.69) is 10.3 Å². The Kier molecular flexibility index (Phi) is 2.64.